The van der Waals surface area contributed by atoms with Gasteiger partial charge < -0.3 is 5.32 Å². The lowest BCUT2D eigenvalue weighted by atomic mass is 10.2. The minimum Gasteiger partial charge on any atom is -0.340 e. The Labute approximate surface area is 155 Å². The van der Waals surface area contributed by atoms with Crippen LogP contribution in [0.1, 0.15) is 5.56 Å². The minimum absolute atomic E-state index is 0.00221. The summed E-state index contributed by atoms with van der Waals surface area (Å²) in [6.45, 7) is 1.73. The molecule has 2 N–H and O–H groups in total. The number of nitrogens with zero attached hydrogens (tertiary/aromatic N) is 1. The zero-order valence-electron chi connectivity index (χ0n) is 13.7. The van der Waals surface area contributed by atoms with Crippen molar-refractivity contribution in [1.29, 1.82) is 0 Å². The zero-order valence-corrected chi connectivity index (χ0v) is 15.3. The third-order valence-electron chi connectivity index (χ3n) is 3.59. The third-order valence-corrected chi connectivity index (χ3v) is 5.42. The van der Waals surface area contributed by atoms with E-state index in [9.17, 15) is 12.8 Å². The van der Waals surface area contributed by atoms with Crippen LogP contribution in [0.3, 0.4) is 0 Å². The van der Waals surface area contributed by atoms with E-state index in [1.807, 2.05) is 0 Å². The van der Waals surface area contributed by atoms with Crippen LogP contribution in [-0.4, -0.2) is 13.4 Å². The lowest BCUT2D eigenvalue weighted by Crippen LogP contribution is -2.14. The fourth-order valence-corrected chi connectivity index (χ4v) is 3.79. The van der Waals surface area contributed by atoms with Gasteiger partial charge in [-0.2, -0.15) is 0 Å². The number of anilines is 3. The quantitative estimate of drug-likeness (QED) is 0.659. The van der Waals surface area contributed by atoms with Crippen LogP contribution in [0.4, 0.5) is 21.6 Å². The number of rotatable bonds is 5. The van der Waals surface area contributed by atoms with E-state index in [4.69, 9.17) is 11.6 Å². The summed E-state index contributed by atoms with van der Waals surface area (Å²) >= 11 is 5.74. The molecule has 8 heteroatoms. The van der Waals surface area contributed by atoms with Gasteiger partial charge in [-0.3, -0.25) is 4.72 Å². The van der Waals surface area contributed by atoms with E-state index in [0.29, 0.717) is 22.8 Å². The molecule has 0 fully saturated rings. The number of benzene rings is 2. The van der Waals surface area contributed by atoms with Crippen molar-refractivity contribution in [2.24, 2.45) is 0 Å². The van der Waals surface area contributed by atoms with E-state index in [2.05, 4.69) is 15.0 Å². The SMILES string of the molecule is Cc1ccccc1S(=O)(=O)Nc1ccc(Nc2ccc(F)c(Cl)c2)nc1. The zero-order chi connectivity index (χ0) is 18.7. The average molecular weight is 392 g/mol. The minimum atomic E-state index is -3.70. The highest BCUT2D eigenvalue weighted by molar-refractivity contribution is 7.92. The number of hydrogen-bond donors (Lipinski definition) is 2. The summed E-state index contributed by atoms with van der Waals surface area (Å²) in [4.78, 5) is 4.36. The highest BCUT2D eigenvalue weighted by atomic mass is 35.5. The van der Waals surface area contributed by atoms with Gasteiger partial charge in [-0.25, -0.2) is 17.8 Å². The number of pyridine rings is 1. The molecule has 2 aromatic carbocycles. The number of halogens is 2. The van der Waals surface area contributed by atoms with E-state index in [-0.39, 0.29) is 9.92 Å². The van der Waals surface area contributed by atoms with E-state index in [1.165, 1.54) is 24.4 Å². The van der Waals surface area contributed by atoms with Gasteiger partial charge in [-0.05, 0) is 48.9 Å². The summed E-state index contributed by atoms with van der Waals surface area (Å²) in [6, 6.07) is 14.1. The molecule has 5 nitrogen and oxygen atoms in total. The monoisotopic (exact) mass is 391 g/mol. The lowest BCUT2D eigenvalue weighted by Gasteiger charge is -2.11. The normalized spacial score (nSPS) is 11.2. The fraction of sp³-hybridized carbons (Fsp3) is 0.0556. The molecule has 0 spiro atoms. The molecule has 0 aliphatic rings. The number of aromatic nitrogens is 1. The second-order valence-electron chi connectivity index (χ2n) is 5.56. The number of aryl methyl sites for hydroxylation is 1. The first-order valence-corrected chi connectivity index (χ1v) is 9.48. The van der Waals surface area contributed by atoms with Gasteiger partial charge >= 0.3 is 0 Å². The van der Waals surface area contributed by atoms with E-state index < -0.39 is 15.8 Å². The summed E-state index contributed by atoms with van der Waals surface area (Å²) in [5.74, 6) is -0.0438. The van der Waals surface area contributed by atoms with E-state index in [0.717, 1.165) is 0 Å². The maximum absolute atomic E-state index is 13.2. The Morgan fingerprint density at radius 1 is 1.04 bits per heavy atom. The van der Waals surface area contributed by atoms with Crippen LogP contribution in [0.5, 0.6) is 0 Å². The molecule has 0 unspecified atom stereocenters. The van der Waals surface area contributed by atoms with Crippen LogP contribution < -0.4 is 10.0 Å². The molecule has 3 rings (SSSR count). The van der Waals surface area contributed by atoms with Crippen molar-refractivity contribution in [2.45, 2.75) is 11.8 Å². The molecule has 0 amide bonds. The van der Waals surface area contributed by atoms with E-state index >= 15 is 0 Å². The molecule has 26 heavy (non-hydrogen) atoms. The number of sulfonamides is 1. The molecule has 0 saturated heterocycles. The molecule has 3 aromatic rings. The van der Waals surface area contributed by atoms with Gasteiger partial charge in [0.15, 0.2) is 0 Å². The Balaban J connectivity index is 1.75. The Bertz CT molecular complexity index is 1040. The van der Waals surface area contributed by atoms with Crippen molar-refractivity contribution < 1.29 is 12.8 Å². The second-order valence-corrected chi connectivity index (χ2v) is 7.62. The standard InChI is InChI=1S/C18H15ClFN3O2S/c1-12-4-2-3-5-17(12)26(24,25)23-14-7-9-18(21-11-14)22-13-6-8-16(20)15(19)10-13/h2-11,23H,1H3,(H,21,22). The molecule has 1 aromatic heterocycles. The molecule has 0 atom stereocenters. The molecule has 0 aliphatic carbocycles. The first-order chi connectivity index (χ1) is 12.3. The number of hydrogen-bond acceptors (Lipinski definition) is 4. The highest BCUT2D eigenvalue weighted by Gasteiger charge is 2.16. The molecule has 134 valence electrons. The van der Waals surface area contributed by atoms with E-state index in [1.54, 1.807) is 43.3 Å². The van der Waals surface area contributed by atoms with Gasteiger partial charge in [-0.15, -0.1) is 0 Å². The van der Waals surface area contributed by atoms with Crippen molar-refractivity contribution in [1.82, 2.24) is 4.98 Å². The predicted molar refractivity (Wildman–Crippen MR) is 101 cm³/mol. The molecular formula is C18H15ClFN3O2S. The Morgan fingerprint density at radius 3 is 2.42 bits per heavy atom. The summed E-state index contributed by atoms with van der Waals surface area (Å²) in [7, 11) is -3.70. The van der Waals surface area contributed by atoms with Crippen LogP contribution in [0.15, 0.2) is 65.7 Å². The fourth-order valence-electron chi connectivity index (χ4n) is 2.32. The summed E-state index contributed by atoms with van der Waals surface area (Å²) < 4.78 is 40.6. The van der Waals surface area contributed by atoms with Crippen molar-refractivity contribution in [2.75, 3.05) is 10.0 Å². The third kappa shape index (κ3) is 4.12. The molecule has 1 heterocycles. The van der Waals surface area contributed by atoms with Crippen LogP contribution >= 0.6 is 11.6 Å². The van der Waals surface area contributed by atoms with Gasteiger partial charge in [-0.1, -0.05) is 29.8 Å². The smallest absolute Gasteiger partial charge is 0.262 e. The van der Waals surface area contributed by atoms with Crippen LogP contribution in [-0.2, 0) is 10.0 Å². The van der Waals surface area contributed by atoms with Gasteiger partial charge in [0.2, 0.25) is 0 Å². The maximum Gasteiger partial charge on any atom is 0.262 e. The Kier molecular flexibility index (Phi) is 5.11. The molecule has 0 saturated carbocycles. The van der Waals surface area contributed by atoms with Gasteiger partial charge in [0.05, 0.1) is 21.8 Å². The molecule has 0 aliphatic heterocycles. The van der Waals surface area contributed by atoms with Gasteiger partial charge in [0, 0.05) is 5.69 Å². The van der Waals surface area contributed by atoms with Crippen molar-refractivity contribution in [3.63, 3.8) is 0 Å². The Morgan fingerprint density at radius 2 is 1.77 bits per heavy atom. The van der Waals surface area contributed by atoms with Gasteiger partial charge in [0.25, 0.3) is 10.0 Å². The van der Waals surface area contributed by atoms with Crippen LogP contribution in [0.2, 0.25) is 5.02 Å². The lowest BCUT2D eigenvalue weighted by molar-refractivity contribution is 0.600. The Hall–Kier alpha value is -2.64. The highest BCUT2D eigenvalue weighted by Crippen LogP contribution is 2.23. The first kappa shape index (κ1) is 18.2. The molecule has 0 radical (unpaired) electrons. The largest absolute Gasteiger partial charge is 0.340 e. The number of nitrogens with one attached hydrogen (secondary N) is 2. The topological polar surface area (TPSA) is 71.1 Å². The summed E-state index contributed by atoms with van der Waals surface area (Å²) in [6.07, 6.45) is 1.39. The molecule has 0 bridgehead atoms. The molecular weight excluding hydrogens is 377 g/mol. The van der Waals surface area contributed by atoms with Crippen molar-refractivity contribution >= 4 is 38.8 Å². The predicted octanol–water partition coefficient (Wildman–Crippen LogP) is 4.73. The first-order valence-electron chi connectivity index (χ1n) is 7.62. The summed E-state index contributed by atoms with van der Waals surface area (Å²) in [5, 5.41) is 2.96. The van der Waals surface area contributed by atoms with Crippen LogP contribution in [0, 0.1) is 12.7 Å². The van der Waals surface area contributed by atoms with Crippen molar-refractivity contribution in [3.05, 3.63) is 77.2 Å². The second kappa shape index (κ2) is 7.31. The average Bonchev–Trinajstić information content (AvgIpc) is 2.60. The maximum atomic E-state index is 13.2. The summed E-state index contributed by atoms with van der Waals surface area (Å²) in [5.41, 5.74) is 1.55. The van der Waals surface area contributed by atoms with Gasteiger partial charge in [0.1, 0.15) is 11.6 Å². The van der Waals surface area contributed by atoms with Crippen LogP contribution in [0.25, 0.3) is 0 Å². The van der Waals surface area contributed by atoms with Crippen molar-refractivity contribution in [3.8, 4) is 0 Å².